The quantitative estimate of drug-likeness (QED) is 0.632. The van der Waals surface area contributed by atoms with Crippen molar-refractivity contribution in [1.29, 1.82) is 0 Å². The Morgan fingerprint density at radius 2 is 1.45 bits per heavy atom. The van der Waals surface area contributed by atoms with E-state index in [1.165, 1.54) is 6.92 Å². The summed E-state index contributed by atoms with van der Waals surface area (Å²) in [6.45, 7) is 4.63. The Kier molecular flexibility index (Phi) is 8.04. The van der Waals surface area contributed by atoms with Gasteiger partial charge in [0.25, 0.3) is 10.1 Å². The zero-order valence-electron chi connectivity index (χ0n) is 7.53. The highest BCUT2D eigenvalue weighted by Gasteiger charge is 1.93. The number of rotatable bonds is 2. The summed E-state index contributed by atoms with van der Waals surface area (Å²) in [7, 11) is 0.449. The zero-order chi connectivity index (χ0) is 9.49. The number of hydrogen-bond acceptors (Lipinski definition) is 3. The molecule has 0 unspecified atom stereocenters. The van der Waals surface area contributed by atoms with E-state index >= 15 is 0 Å². The van der Waals surface area contributed by atoms with Gasteiger partial charge in [0.15, 0.2) is 0 Å². The van der Waals surface area contributed by atoms with Crippen molar-refractivity contribution < 1.29 is 13.0 Å². The van der Waals surface area contributed by atoms with Crippen LogP contribution in [0.3, 0.4) is 0 Å². The molecular weight excluding hydrogens is 166 g/mol. The van der Waals surface area contributed by atoms with Crippen LogP contribution in [0, 0.1) is 0 Å². The first-order valence-corrected chi connectivity index (χ1v) is 5.04. The van der Waals surface area contributed by atoms with Gasteiger partial charge in [0, 0.05) is 0 Å². The van der Waals surface area contributed by atoms with Gasteiger partial charge in [0.1, 0.15) is 0 Å². The molecule has 0 aromatic carbocycles. The third kappa shape index (κ3) is 25.8. The van der Waals surface area contributed by atoms with Crippen molar-refractivity contribution in [2.24, 2.45) is 0 Å². The molecular formula is C6H17NO3S. The molecule has 0 rings (SSSR count). The lowest BCUT2D eigenvalue weighted by atomic mass is 10.7. The van der Waals surface area contributed by atoms with E-state index in [0.29, 0.717) is 0 Å². The van der Waals surface area contributed by atoms with E-state index < -0.39 is 10.1 Å². The van der Waals surface area contributed by atoms with Gasteiger partial charge in [-0.25, -0.2) is 0 Å². The fourth-order valence-corrected chi connectivity index (χ4v) is 0. The van der Waals surface area contributed by atoms with Crippen molar-refractivity contribution in [3.8, 4) is 0 Å². The van der Waals surface area contributed by atoms with Crippen LogP contribution in [0.1, 0.15) is 13.8 Å². The predicted molar refractivity (Wildman–Crippen MR) is 46.3 cm³/mol. The molecule has 0 bridgehead atoms. The molecule has 11 heavy (non-hydrogen) atoms. The molecule has 0 fully saturated rings. The lowest BCUT2D eigenvalue weighted by Crippen LogP contribution is -2.08. The average Bonchev–Trinajstić information content (AvgIpc) is 1.88. The Morgan fingerprint density at radius 1 is 1.27 bits per heavy atom. The first kappa shape index (κ1) is 13.5. The van der Waals surface area contributed by atoms with Crippen molar-refractivity contribution in [3.63, 3.8) is 0 Å². The molecule has 0 saturated heterocycles. The second-order valence-corrected chi connectivity index (χ2v) is 4.01. The SMILES string of the molecule is CCN(C)C.CCS(=O)(=O)O. The highest BCUT2D eigenvalue weighted by molar-refractivity contribution is 7.85. The van der Waals surface area contributed by atoms with Crippen LogP contribution < -0.4 is 0 Å². The maximum Gasteiger partial charge on any atom is 0.264 e. The molecule has 0 saturated carbocycles. The predicted octanol–water partition coefficient (Wildman–Crippen LogP) is 0.462. The summed E-state index contributed by atoms with van der Waals surface area (Å²) >= 11 is 0. The third-order valence-corrected chi connectivity index (χ3v) is 1.73. The molecule has 0 radical (unpaired) electrons. The van der Waals surface area contributed by atoms with Crippen LogP contribution in [0.4, 0.5) is 0 Å². The molecule has 0 aliphatic heterocycles. The minimum Gasteiger partial charge on any atom is -0.310 e. The summed E-state index contributed by atoms with van der Waals surface area (Å²) in [5.74, 6) is -0.201. The fraction of sp³-hybridized carbons (Fsp3) is 1.00. The normalized spacial score (nSPS) is 10.7. The Morgan fingerprint density at radius 3 is 1.45 bits per heavy atom. The Balaban J connectivity index is 0. The Hall–Kier alpha value is -0.130. The smallest absolute Gasteiger partial charge is 0.264 e. The van der Waals surface area contributed by atoms with Crippen LogP contribution in [0.25, 0.3) is 0 Å². The van der Waals surface area contributed by atoms with Gasteiger partial charge in [-0.05, 0) is 27.6 Å². The standard InChI is InChI=1S/C4H11N.C2H6O3S/c1-4-5(2)3;1-2-6(3,4)5/h4H2,1-3H3;2H2,1H3,(H,3,4,5). The second-order valence-electron chi connectivity index (χ2n) is 2.27. The topological polar surface area (TPSA) is 57.6 Å². The maximum atomic E-state index is 9.56. The molecule has 0 aromatic heterocycles. The minimum atomic E-state index is -3.66. The number of hydrogen-bond donors (Lipinski definition) is 1. The van der Waals surface area contributed by atoms with Gasteiger partial charge in [0.2, 0.25) is 0 Å². The van der Waals surface area contributed by atoms with E-state index in [9.17, 15) is 8.42 Å². The van der Waals surface area contributed by atoms with Crippen LogP contribution in [-0.2, 0) is 10.1 Å². The third-order valence-electron chi connectivity index (χ3n) is 0.997. The van der Waals surface area contributed by atoms with Gasteiger partial charge in [-0.1, -0.05) is 6.92 Å². The molecule has 1 N–H and O–H groups in total. The van der Waals surface area contributed by atoms with Gasteiger partial charge in [-0.2, -0.15) is 8.42 Å². The van der Waals surface area contributed by atoms with E-state index in [1.54, 1.807) is 0 Å². The van der Waals surface area contributed by atoms with Gasteiger partial charge < -0.3 is 4.90 Å². The van der Waals surface area contributed by atoms with E-state index in [1.807, 2.05) is 0 Å². The van der Waals surface area contributed by atoms with Crippen molar-refractivity contribution >= 4 is 10.1 Å². The lowest BCUT2D eigenvalue weighted by Gasteiger charge is -2.00. The maximum absolute atomic E-state index is 9.56. The van der Waals surface area contributed by atoms with E-state index in [-0.39, 0.29) is 5.75 Å². The van der Waals surface area contributed by atoms with Gasteiger partial charge in [-0.15, -0.1) is 0 Å². The highest BCUT2D eigenvalue weighted by atomic mass is 32.2. The van der Waals surface area contributed by atoms with E-state index in [2.05, 4.69) is 25.9 Å². The van der Waals surface area contributed by atoms with Crippen LogP contribution in [0.15, 0.2) is 0 Å². The first-order chi connectivity index (χ1) is 4.83. The molecule has 0 atom stereocenters. The molecule has 0 aliphatic rings. The summed E-state index contributed by atoms with van der Waals surface area (Å²) in [4.78, 5) is 2.12. The average molecular weight is 183 g/mol. The fourth-order valence-electron chi connectivity index (χ4n) is 0. The van der Waals surface area contributed by atoms with Crippen LogP contribution in [0.2, 0.25) is 0 Å². The van der Waals surface area contributed by atoms with E-state index in [4.69, 9.17) is 4.55 Å². The van der Waals surface area contributed by atoms with Crippen molar-refractivity contribution in [1.82, 2.24) is 4.90 Å². The molecule has 0 amide bonds. The van der Waals surface area contributed by atoms with Gasteiger partial charge >= 0.3 is 0 Å². The first-order valence-electron chi connectivity index (χ1n) is 3.43. The Labute approximate surface area is 69.0 Å². The van der Waals surface area contributed by atoms with Crippen LogP contribution >= 0.6 is 0 Å². The summed E-state index contributed by atoms with van der Waals surface area (Å²) in [6, 6.07) is 0. The lowest BCUT2D eigenvalue weighted by molar-refractivity contribution is 0.434. The molecule has 70 valence electrons. The minimum absolute atomic E-state index is 0.201. The van der Waals surface area contributed by atoms with Crippen molar-refractivity contribution in [2.75, 3.05) is 26.4 Å². The largest absolute Gasteiger partial charge is 0.310 e. The summed E-state index contributed by atoms with van der Waals surface area (Å²) in [5.41, 5.74) is 0. The molecule has 0 aliphatic carbocycles. The van der Waals surface area contributed by atoms with Gasteiger partial charge in [0.05, 0.1) is 5.75 Å². The summed E-state index contributed by atoms with van der Waals surface area (Å²) < 4.78 is 26.9. The van der Waals surface area contributed by atoms with Crippen LogP contribution in [-0.4, -0.2) is 44.3 Å². The molecule has 4 nitrogen and oxygen atoms in total. The van der Waals surface area contributed by atoms with Gasteiger partial charge in [-0.3, -0.25) is 4.55 Å². The van der Waals surface area contributed by atoms with E-state index in [0.717, 1.165) is 6.54 Å². The monoisotopic (exact) mass is 183 g/mol. The number of nitrogens with zero attached hydrogens (tertiary/aromatic N) is 1. The molecule has 0 spiro atoms. The van der Waals surface area contributed by atoms with Crippen molar-refractivity contribution in [3.05, 3.63) is 0 Å². The molecule has 5 heteroatoms. The second kappa shape index (κ2) is 6.57. The zero-order valence-corrected chi connectivity index (χ0v) is 8.35. The molecule has 0 aromatic rings. The highest BCUT2D eigenvalue weighted by Crippen LogP contribution is 1.74. The Bertz CT molecular complexity index is 163. The summed E-state index contributed by atoms with van der Waals surface area (Å²) in [5, 5.41) is 0. The van der Waals surface area contributed by atoms with Crippen LogP contribution in [0.5, 0.6) is 0 Å². The summed E-state index contributed by atoms with van der Waals surface area (Å²) in [6.07, 6.45) is 0. The van der Waals surface area contributed by atoms with Crippen molar-refractivity contribution in [2.45, 2.75) is 13.8 Å². The molecule has 0 heterocycles.